The Hall–Kier alpha value is -3.24. The number of aliphatic hydroxyl groups excluding tert-OH is 1. The van der Waals surface area contributed by atoms with Crippen molar-refractivity contribution < 1.29 is 24.6 Å². The standard InChI is InChI=1S/C18H23N5O5/c19-13(9-24)16(25)22-14(6-11-4-2-1-3-5-11)17(26)23-15(18(27)28)7-12-8-20-10-21-12/h1-5,8,10,13-15,24H,6-7,9,19H2,(H,20,21)(H,22,25)(H,23,26)(H,27,28). The van der Waals surface area contributed by atoms with Crippen LogP contribution < -0.4 is 16.4 Å². The molecule has 28 heavy (non-hydrogen) atoms. The molecule has 1 heterocycles. The van der Waals surface area contributed by atoms with Gasteiger partial charge < -0.3 is 31.6 Å². The molecule has 2 aromatic rings. The first kappa shape index (κ1) is 21.1. The number of aliphatic carboxylic acids is 1. The predicted octanol–water partition coefficient (Wildman–Crippen LogP) is -1.43. The van der Waals surface area contributed by atoms with E-state index in [1.165, 1.54) is 12.5 Å². The molecule has 3 atom stereocenters. The van der Waals surface area contributed by atoms with Crippen LogP contribution in [0, 0.1) is 0 Å². The zero-order chi connectivity index (χ0) is 20.5. The van der Waals surface area contributed by atoms with E-state index in [-0.39, 0.29) is 12.8 Å². The van der Waals surface area contributed by atoms with E-state index in [0.29, 0.717) is 5.69 Å². The molecule has 2 amide bonds. The average molecular weight is 389 g/mol. The zero-order valence-electron chi connectivity index (χ0n) is 15.0. The van der Waals surface area contributed by atoms with E-state index < -0.39 is 42.5 Å². The number of hydrogen-bond donors (Lipinski definition) is 6. The molecule has 2 rings (SSSR count). The van der Waals surface area contributed by atoms with Gasteiger partial charge in [-0.25, -0.2) is 9.78 Å². The Labute approximate surface area is 161 Å². The van der Waals surface area contributed by atoms with Crippen molar-refractivity contribution in [2.75, 3.05) is 6.61 Å². The number of benzene rings is 1. The lowest BCUT2D eigenvalue weighted by Gasteiger charge is -2.22. The molecule has 0 aliphatic heterocycles. The number of carboxylic acid groups (broad SMARTS) is 1. The number of carbonyl (C=O) groups excluding carboxylic acids is 2. The van der Waals surface area contributed by atoms with Crippen LogP contribution in [0.1, 0.15) is 11.3 Å². The topological polar surface area (TPSA) is 170 Å². The second-order valence-electron chi connectivity index (χ2n) is 6.22. The van der Waals surface area contributed by atoms with Crippen molar-refractivity contribution in [3.63, 3.8) is 0 Å². The summed E-state index contributed by atoms with van der Waals surface area (Å²) >= 11 is 0. The molecule has 0 radical (unpaired) electrons. The fraction of sp³-hybridized carbons (Fsp3) is 0.333. The maximum Gasteiger partial charge on any atom is 0.326 e. The minimum absolute atomic E-state index is 0.00320. The number of aliphatic hydroxyl groups is 1. The lowest BCUT2D eigenvalue weighted by atomic mass is 10.0. The highest BCUT2D eigenvalue weighted by molar-refractivity contribution is 5.92. The van der Waals surface area contributed by atoms with E-state index in [2.05, 4.69) is 20.6 Å². The summed E-state index contributed by atoms with van der Waals surface area (Å²) in [7, 11) is 0. The molecule has 7 N–H and O–H groups in total. The molecule has 10 nitrogen and oxygen atoms in total. The van der Waals surface area contributed by atoms with E-state index >= 15 is 0 Å². The lowest BCUT2D eigenvalue weighted by Crippen LogP contribution is -2.56. The summed E-state index contributed by atoms with van der Waals surface area (Å²) < 4.78 is 0. The van der Waals surface area contributed by atoms with Crippen LogP contribution in [0.3, 0.4) is 0 Å². The maximum absolute atomic E-state index is 12.7. The number of H-pyrrole nitrogens is 1. The van der Waals surface area contributed by atoms with Crippen LogP contribution in [-0.4, -0.2) is 62.7 Å². The number of imidazole rings is 1. The van der Waals surface area contributed by atoms with Crippen molar-refractivity contribution in [1.29, 1.82) is 0 Å². The van der Waals surface area contributed by atoms with Crippen LogP contribution in [0.2, 0.25) is 0 Å². The Bertz CT molecular complexity index is 781. The summed E-state index contributed by atoms with van der Waals surface area (Å²) in [5.74, 6) is -2.60. The molecule has 3 unspecified atom stereocenters. The van der Waals surface area contributed by atoms with E-state index in [1.54, 1.807) is 24.3 Å². The summed E-state index contributed by atoms with van der Waals surface area (Å²) in [5, 5.41) is 23.3. The summed E-state index contributed by atoms with van der Waals surface area (Å²) in [6.45, 7) is -0.580. The number of nitrogens with two attached hydrogens (primary N) is 1. The molecular formula is C18H23N5O5. The molecular weight excluding hydrogens is 366 g/mol. The molecule has 0 fully saturated rings. The fourth-order valence-electron chi connectivity index (χ4n) is 2.51. The molecule has 0 bridgehead atoms. The van der Waals surface area contributed by atoms with Gasteiger partial charge in [0.15, 0.2) is 0 Å². The highest BCUT2D eigenvalue weighted by Gasteiger charge is 2.28. The number of carbonyl (C=O) groups is 3. The van der Waals surface area contributed by atoms with Gasteiger partial charge in [-0.1, -0.05) is 30.3 Å². The molecule has 150 valence electrons. The van der Waals surface area contributed by atoms with Crippen molar-refractivity contribution in [2.24, 2.45) is 5.73 Å². The highest BCUT2D eigenvalue weighted by atomic mass is 16.4. The summed E-state index contributed by atoms with van der Waals surface area (Å²) in [6.07, 6.45) is 3.01. The SMILES string of the molecule is NC(CO)C(=O)NC(Cc1ccccc1)C(=O)NC(Cc1cnc[nH]1)C(=O)O. The summed E-state index contributed by atoms with van der Waals surface area (Å²) in [6, 6.07) is 5.46. The largest absolute Gasteiger partial charge is 0.480 e. The van der Waals surface area contributed by atoms with Crippen molar-refractivity contribution in [2.45, 2.75) is 31.0 Å². The summed E-state index contributed by atoms with van der Waals surface area (Å²) in [4.78, 5) is 42.9. The number of aromatic amines is 1. The second kappa shape index (κ2) is 10.2. The Balaban J connectivity index is 2.13. The Morgan fingerprint density at radius 2 is 1.75 bits per heavy atom. The number of aromatic nitrogens is 2. The Morgan fingerprint density at radius 3 is 2.32 bits per heavy atom. The van der Waals surface area contributed by atoms with Crippen molar-refractivity contribution in [3.8, 4) is 0 Å². The minimum Gasteiger partial charge on any atom is -0.480 e. The molecule has 0 aliphatic carbocycles. The van der Waals surface area contributed by atoms with Crippen LogP contribution in [-0.2, 0) is 27.2 Å². The smallest absolute Gasteiger partial charge is 0.326 e. The average Bonchev–Trinajstić information content (AvgIpc) is 3.20. The first-order valence-corrected chi connectivity index (χ1v) is 8.62. The van der Waals surface area contributed by atoms with Crippen LogP contribution in [0.15, 0.2) is 42.9 Å². The van der Waals surface area contributed by atoms with Gasteiger partial charge in [0.05, 0.1) is 12.9 Å². The predicted molar refractivity (Wildman–Crippen MR) is 99.0 cm³/mol. The van der Waals surface area contributed by atoms with Gasteiger partial charge in [-0.3, -0.25) is 9.59 Å². The van der Waals surface area contributed by atoms with Crippen LogP contribution >= 0.6 is 0 Å². The normalized spacial score (nSPS) is 13.9. The molecule has 0 aliphatic rings. The maximum atomic E-state index is 12.7. The number of carboxylic acids is 1. The van der Waals surface area contributed by atoms with E-state index in [9.17, 15) is 19.5 Å². The Morgan fingerprint density at radius 1 is 1.07 bits per heavy atom. The van der Waals surface area contributed by atoms with E-state index in [4.69, 9.17) is 10.8 Å². The van der Waals surface area contributed by atoms with Gasteiger partial charge in [-0.15, -0.1) is 0 Å². The van der Waals surface area contributed by atoms with Gasteiger partial charge >= 0.3 is 5.97 Å². The molecule has 1 aromatic carbocycles. The third-order valence-corrected chi connectivity index (χ3v) is 4.04. The molecule has 1 aromatic heterocycles. The highest BCUT2D eigenvalue weighted by Crippen LogP contribution is 2.06. The van der Waals surface area contributed by atoms with Gasteiger partial charge in [-0.05, 0) is 5.56 Å². The first-order valence-electron chi connectivity index (χ1n) is 8.62. The van der Waals surface area contributed by atoms with E-state index in [0.717, 1.165) is 5.56 Å². The monoisotopic (exact) mass is 389 g/mol. The number of hydrogen-bond acceptors (Lipinski definition) is 6. The number of nitrogens with one attached hydrogen (secondary N) is 3. The molecule has 0 saturated heterocycles. The van der Waals surface area contributed by atoms with Gasteiger partial charge in [0.25, 0.3) is 0 Å². The first-order chi connectivity index (χ1) is 13.4. The van der Waals surface area contributed by atoms with Crippen LogP contribution in [0.25, 0.3) is 0 Å². The second-order valence-corrected chi connectivity index (χ2v) is 6.22. The van der Waals surface area contributed by atoms with Crippen molar-refractivity contribution in [1.82, 2.24) is 20.6 Å². The van der Waals surface area contributed by atoms with Gasteiger partial charge in [0.2, 0.25) is 11.8 Å². The van der Waals surface area contributed by atoms with Crippen LogP contribution in [0.4, 0.5) is 0 Å². The van der Waals surface area contributed by atoms with Gasteiger partial charge in [-0.2, -0.15) is 0 Å². The molecule has 10 heteroatoms. The Kier molecular flexibility index (Phi) is 7.66. The van der Waals surface area contributed by atoms with Crippen molar-refractivity contribution in [3.05, 3.63) is 54.1 Å². The number of nitrogens with zero attached hydrogens (tertiary/aromatic N) is 1. The number of rotatable bonds is 10. The summed E-state index contributed by atoms with van der Waals surface area (Å²) in [5.41, 5.74) is 6.80. The molecule has 0 saturated carbocycles. The number of amides is 2. The lowest BCUT2D eigenvalue weighted by molar-refractivity contribution is -0.142. The molecule has 0 spiro atoms. The van der Waals surface area contributed by atoms with Gasteiger partial charge in [0.1, 0.15) is 18.1 Å². The van der Waals surface area contributed by atoms with E-state index in [1.807, 2.05) is 6.07 Å². The third-order valence-electron chi connectivity index (χ3n) is 4.04. The zero-order valence-corrected chi connectivity index (χ0v) is 15.0. The minimum atomic E-state index is -1.22. The third kappa shape index (κ3) is 6.18. The van der Waals surface area contributed by atoms with Crippen molar-refractivity contribution >= 4 is 17.8 Å². The fourth-order valence-corrected chi connectivity index (χ4v) is 2.51. The quantitative estimate of drug-likeness (QED) is 0.289. The van der Waals surface area contributed by atoms with Crippen LogP contribution in [0.5, 0.6) is 0 Å². The van der Waals surface area contributed by atoms with Gasteiger partial charge in [0, 0.05) is 24.7 Å².